The van der Waals surface area contributed by atoms with Crippen LogP contribution in [0.2, 0.25) is 0 Å². The van der Waals surface area contributed by atoms with Gasteiger partial charge in [-0.2, -0.15) is 5.26 Å². The zero-order valence-corrected chi connectivity index (χ0v) is 9.65. The molecule has 4 heteroatoms. The van der Waals surface area contributed by atoms with Gasteiger partial charge in [0, 0.05) is 13.0 Å². The zero-order chi connectivity index (χ0) is 12.3. The van der Waals surface area contributed by atoms with Crippen molar-refractivity contribution < 1.29 is 4.79 Å². The number of carbonyl (C=O) groups is 1. The molecule has 1 heterocycles. The van der Waals surface area contributed by atoms with Crippen molar-refractivity contribution in [1.29, 1.82) is 5.26 Å². The number of nitrogen functional groups attached to an aromatic ring is 1. The molecule has 0 unspecified atom stereocenters. The van der Waals surface area contributed by atoms with Gasteiger partial charge in [0.1, 0.15) is 0 Å². The number of nitrogens with zero attached hydrogens (tertiary/aromatic N) is 2. The topological polar surface area (TPSA) is 70.1 Å². The summed E-state index contributed by atoms with van der Waals surface area (Å²) in [6.45, 7) is 0.717. The van der Waals surface area contributed by atoms with Gasteiger partial charge < -0.3 is 10.6 Å². The lowest BCUT2D eigenvalue weighted by Gasteiger charge is -2.22. The van der Waals surface area contributed by atoms with Gasteiger partial charge in [-0.1, -0.05) is 6.42 Å². The molecule has 0 radical (unpaired) electrons. The molecule has 17 heavy (non-hydrogen) atoms. The zero-order valence-electron chi connectivity index (χ0n) is 9.65. The first-order valence-corrected chi connectivity index (χ1v) is 5.82. The van der Waals surface area contributed by atoms with Crippen molar-refractivity contribution in [2.24, 2.45) is 0 Å². The highest BCUT2D eigenvalue weighted by Crippen LogP contribution is 2.27. The number of benzene rings is 1. The Morgan fingerprint density at radius 2 is 2.12 bits per heavy atom. The van der Waals surface area contributed by atoms with Gasteiger partial charge in [-0.3, -0.25) is 4.79 Å². The number of amides is 1. The number of anilines is 2. The summed E-state index contributed by atoms with van der Waals surface area (Å²) >= 11 is 0. The van der Waals surface area contributed by atoms with Crippen molar-refractivity contribution in [1.82, 2.24) is 0 Å². The minimum Gasteiger partial charge on any atom is -0.397 e. The summed E-state index contributed by atoms with van der Waals surface area (Å²) in [5.41, 5.74) is 7.65. The highest BCUT2D eigenvalue weighted by atomic mass is 16.2. The van der Waals surface area contributed by atoms with Crippen LogP contribution in [0.4, 0.5) is 11.4 Å². The first-order valence-electron chi connectivity index (χ1n) is 5.82. The maximum absolute atomic E-state index is 11.9. The summed E-state index contributed by atoms with van der Waals surface area (Å²) in [4.78, 5) is 13.7. The Morgan fingerprint density at radius 1 is 1.29 bits per heavy atom. The van der Waals surface area contributed by atoms with Crippen molar-refractivity contribution in [2.75, 3.05) is 17.2 Å². The molecule has 0 atom stereocenters. The number of rotatable bonds is 1. The maximum Gasteiger partial charge on any atom is 0.227 e. The molecule has 0 aliphatic carbocycles. The van der Waals surface area contributed by atoms with Crippen molar-refractivity contribution in [3.05, 3.63) is 23.8 Å². The minimum absolute atomic E-state index is 0.124. The number of hydrogen-bond donors (Lipinski definition) is 1. The maximum atomic E-state index is 11.9. The molecule has 4 nitrogen and oxygen atoms in total. The first-order chi connectivity index (χ1) is 8.22. The van der Waals surface area contributed by atoms with Crippen LogP contribution in [-0.4, -0.2) is 12.5 Å². The molecule has 0 spiro atoms. The highest BCUT2D eigenvalue weighted by Gasteiger charge is 2.19. The Bertz CT molecular complexity index is 476. The van der Waals surface area contributed by atoms with Crippen molar-refractivity contribution in [3.8, 4) is 6.07 Å². The average Bonchev–Trinajstić information content (AvgIpc) is 2.54. The Morgan fingerprint density at radius 3 is 2.82 bits per heavy atom. The van der Waals surface area contributed by atoms with Gasteiger partial charge in [0.2, 0.25) is 5.91 Å². The second-order valence-electron chi connectivity index (χ2n) is 4.24. The third kappa shape index (κ3) is 2.39. The highest BCUT2D eigenvalue weighted by molar-refractivity contribution is 5.96. The lowest BCUT2D eigenvalue weighted by Crippen LogP contribution is -2.30. The van der Waals surface area contributed by atoms with Crippen molar-refractivity contribution in [3.63, 3.8) is 0 Å². The van der Waals surface area contributed by atoms with E-state index in [1.807, 2.05) is 6.07 Å². The average molecular weight is 229 g/mol. The first kappa shape index (κ1) is 11.5. The van der Waals surface area contributed by atoms with E-state index in [1.54, 1.807) is 23.1 Å². The van der Waals surface area contributed by atoms with Crippen LogP contribution in [-0.2, 0) is 4.79 Å². The third-order valence-corrected chi connectivity index (χ3v) is 3.02. The van der Waals surface area contributed by atoms with E-state index in [1.165, 1.54) is 0 Å². The van der Waals surface area contributed by atoms with Gasteiger partial charge in [-0.05, 0) is 31.0 Å². The molecule has 1 fully saturated rings. The summed E-state index contributed by atoms with van der Waals surface area (Å²) in [7, 11) is 0. The van der Waals surface area contributed by atoms with E-state index in [0.717, 1.165) is 31.5 Å². The Kier molecular flexibility index (Phi) is 3.29. The fourth-order valence-corrected chi connectivity index (χ4v) is 2.11. The summed E-state index contributed by atoms with van der Waals surface area (Å²) in [6, 6.07) is 7.12. The van der Waals surface area contributed by atoms with Crippen LogP contribution in [0.5, 0.6) is 0 Å². The fraction of sp³-hybridized carbons (Fsp3) is 0.385. The molecule has 88 valence electrons. The SMILES string of the molecule is N#Cc1ccc(N2CCCCCC2=O)c(N)c1. The van der Waals surface area contributed by atoms with Gasteiger partial charge in [0.05, 0.1) is 23.0 Å². The van der Waals surface area contributed by atoms with Crippen LogP contribution in [0.15, 0.2) is 18.2 Å². The molecule has 1 aliphatic heterocycles. The summed E-state index contributed by atoms with van der Waals surface area (Å²) in [5.74, 6) is 0.124. The van der Waals surface area contributed by atoms with E-state index in [0.29, 0.717) is 17.7 Å². The Hall–Kier alpha value is -2.02. The van der Waals surface area contributed by atoms with E-state index in [9.17, 15) is 4.79 Å². The van der Waals surface area contributed by atoms with E-state index < -0.39 is 0 Å². The van der Waals surface area contributed by atoms with E-state index in [4.69, 9.17) is 11.0 Å². The number of nitrogens with two attached hydrogens (primary N) is 1. The molecule has 2 N–H and O–H groups in total. The molecule has 1 saturated heterocycles. The van der Waals surface area contributed by atoms with Gasteiger partial charge in [-0.25, -0.2) is 0 Å². The molecule has 0 aromatic heterocycles. The van der Waals surface area contributed by atoms with Crippen LogP contribution in [0.1, 0.15) is 31.2 Å². The lowest BCUT2D eigenvalue weighted by atomic mass is 10.1. The summed E-state index contributed by atoms with van der Waals surface area (Å²) < 4.78 is 0. The molecule has 2 rings (SSSR count). The second kappa shape index (κ2) is 4.88. The van der Waals surface area contributed by atoms with Gasteiger partial charge >= 0.3 is 0 Å². The predicted molar refractivity (Wildman–Crippen MR) is 66.4 cm³/mol. The number of carbonyl (C=O) groups excluding carboxylic acids is 1. The quantitative estimate of drug-likeness (QED) is 0.749. The standard InChI is InChI=1S/C13H15N3O/c14-9-10-5-6-12(11(15)8-10)16-7-3-1-2-4-13(16)17/h5-6,8H,1-4,7,15H2. The minimum atomic E-state index is 0.124. The predicted octanol–water partition coefficient (Wildman–Crippen LogP) is 2.05. The molecule has 0 bridgehead atoms. The third-order valence-electron chi connectivity index (χ3n) is 3.02. The number of nitriles is 1. The molecule has 1 aromatic rings. The molecule has 1 aliphatic rings. The fourth-order valence-electron chi connectivity index (χ4n) is 2.11. The van der Waals surface area contributed by atoms with E-state index in [-0.39, 0.29) is 5.91 Å². The number of hydrogen-bond acceptors (Lipinski definition) is 3. The van der Waals surface area contributed by atoms with Crippen molar-refractivity contribution >= 4 is 17.3 Å². The lowest BCUT2D eigenvalue weighted by molar-refractivity contribution is -0.118. The van der Waals surface area contributed by atoms with Gasteiger partial charge in [0.25, 0.3) is 0 Å². The van der Waals surface area contributed by atoms with Gasteiger partial charge in [0.15, 0.2) is 0 Å². The molecule has 1 amide bonds. The van der Waals surface area contributed by atoms with Crippen molar-refractivity contribution in [2.45, 2.75) is 25.7 Å². The molecular formula is C13H15N3O. The largest absolute Gasteiger partial charge is 0.397 e. The Labute approximate surface area is 101 Å². The van der Waals surface area contributed by atoms with Gasteiger partial charge in [-0.15, -0.1) is 0 Å². The smallest absolute Gasteiger partial charge is 0.227 e. The summed E-state index contributed by atoms with van der Waals surface area (Å²) in [6.07, 6.45) is 3.62. The van der Waals surface area contributed by atoms with E-state index >= 15 is 0 Å². The second-order valence-corrected chi connectivity index (χ2v) is 4.24. The van der Waals surface area contributed by atoms with Crippen LogP contribution >= 0.6 is 0 Å². The normalized spacial score (nSPS) is 16.4. The molecule has 0 saturated carbocycles. The molecule has 1 aromatic carbocycles. The summed E-state index contributed by atoms with van der Waals surface area (Å²) in [5, 5.41) is 8.77. The monoisotopic (exact) mass is 229 g/mol. The van der Waals surface area contributed by atoms with Crippen LogP contribution < -0.4 is 10.6 Å². The van der Waals surface area contributed by atoms with Crippen LogP contribution in [0, 0.1) is 11.3 Å². The van der Waals surface area contributed by atoms with Crippen LogP contribution in [0.25, 0.3) is 0 Å². The van der Waals surface area contributed by atoms with E-state index in [2.05, 4.69) is 0 Å². The Balaban J connectivity index is 2.32. The molecular weight excluding hydrogens is 214 g/mol. The van der Waals surface area contributed by atoms with Crippen LogP contribution in [0.3, 0.4) is 0 Å².